The second-order valence-corrected chi connectivity index (χ2v) is 15.4. The SMILES string of the molecule is CC(C)(C)[S@@](=O)N=C(c1cc(F)cc(C(F)(F)F)c1)c1ccc(Cl)cn1.N[C@@](Cc1ccccc1)(c1cc(F)cc(C(F)(F)F)c1)c1ccc(Cl)cn1. The number of nitrogens with zero attached hydrogens (tertiary/aromatic N) is 3. The molecular weight excluding hydrogens is 771 g/mol. The molecule has 0 aliphatic carbocycles. The molecule has 5 rings (SSSR count). The fraction of sp³-hybridized carbons (Fsp3) is 0.216. The van der Waals surface area contributed by atoms with Crippen molar-refractivity contribution in [2.75, 3.05) is 0 Å². The zero-order chi connectivity index (χ0) is 39.4. The molecule has 53 heavy (non-hydrogen) atoms. The van der Waals surface area contributed by atoms with E-state index in [0.29, 0.717) is 22.2 Å². The molecule has 0 spiro atoms. The van der Waals surface area contributed by atoms with E-state index in [4.69, 9.17) is 28.9 Å². The molecule has 0 aliphatic heterocycles. The van der Waals surface area contributed by atoms with Crippen LogP contribution in [0.5, 0.6) is 0 Å². The predicted octanol–water partition coefficient (Wildman–Crippen LogP) is 10.5. The Morgan fingerprint density at radius 3 is 1.75 bits per heavy atom. The number of hydrogen-bond donors (Lipinski definition) is 1. The van der Waals surface area contributed by atoms with E-state index >= 15 is 0 Å². The second kappa shape index (κ2) is 16.4. The van der Waals surface area contributed by atoms with Gasteiger partial charge in [-0.1, -0.05) is 53.5 Å². The number of hydrogen-bond acceptors (Lipinski definition) is 4. The number of alkyl halides is 6. The van der Waals surface area contributed by atoms with Crippen LogP contribution in [0.1, 0.15) is 60.0 Å². The first-order valence-corrected chi connectivity index (χ1v) is 17.3. The van der Waals surface area contributed by atoms with Crippen molar-refractivity contribution in [2.45, 2.75) is 49.8 Å². The summed E-state index contributed by atoms with van der Waals surface area (Å²) in [5.74, 6) is -2.10. The molecule has 2 aromatic heterocycles. The molecule has 3 aromatic carbocycles. The largest absolute Gasteiger partial charge is 0.416 e. The topological polar surface area (TPSA) is 81.2 Å². The van der Waals surface area contributed by atoms with Crippen LogP contribution in [0.3, 0.4) is 0 Å². The van der Waals surface area contributed by atoms with E-state index < -0.39 is 56.4 Å². The van der Waals surface area contributed by atoms with Crippen molar-refractivity contribution in [3.8, 4) is 0 Å². The third kappa shape index (κ3) is 11.1. The van der Waals surface area contributed by atoms with Gasteiger partial charge in [-0.05, 0) is 92.6 Å². The van der Waals surface area contributed by atoms with E-state index in [1.165, 1.54) is 30.6 Å². The minimum Gasteiger partial charge on any atom is -0.316 e. The van der Waals surface area contributed by atoms with Crippen molar-refractivity contribution in [2.24, 2.45) is 10.1 Å². The van der Waals surface area contributed by atoms with E-state index in [1.54, 1.807) is 51.1 Å². The smallest absolute Gasteiger partial charge is 0.316 e. The Kier molecular flexibility index (Phi) is 12.9. The van der Waals surface area contributed by atoms with Crippen LogP contribution in [-0.4, -0.2) is 24.6 Å². The van der Waals surface area contributed by atoms with Gasteiger partial charge >= 0.3 is 12.4 Å². The molecule has 0 radical (unpaired) electrons. The highest BCUT2D eigenvalue weighted by Gasteiger charge is 2.37. The van der Waals surface area contributed by atoms with E-state index in [-0.39, 0.29) is 34.6 Å². The van der Waals surface area contributed by atoms with Gasteiger partial charge in [-0.2, -0.15) is 30.7 Å². The number of nitrogens with two attached hydrogens (primary N) is 1. The first-order chi connectivity index (χ1) is 24.6. The molecule has 2 N–H and O–H groups in total. The Balaban J connectivity index is 0.000000237. The number of benzene rings is 3. The zero-order valence-electron chi connectivity index (χ0n) is 28.0. The normalized spacial score (nSPS) is 14.2. The molecule has 2 heterocycles. The Hall–Kier alpha value is -4.24. The van der Waals surface area contributed by atoms with Crippen LogP contribution in [0.25, 0.3) is 0 Å². The summed E-state index contributed by atoms with van der Waals surface area (Å²) in [7, 11) is -1.80. The molecule has 0 fully saturated rings. The lowest BCUT2D eigenvalue weighted by Gasteiger charge is -2.30. The van der Waals surface area contributed by atoms with Gasteiger partial charge in [0.05, 0.1) is 42.8 Å². The molecule has 2 atom stereocenters. The Morgan fingerprint density at radius 2 is 1.25 bits per heavy atom. The number of aromatic nitrogens is 2. The summed E-state index contributed by atoms with van der Waals surface area (Å²) >= 11 is 11.6. The minimum atomic E-state index is -4.74. The summed E-state index contributed by atoms with van der Waals surface area (Å²) in [6, 6.07) is 19.3. The molecule has 0 bridgehead atoms. The van der Waals surface area contributed by atoms with Gasteiger partial charge in [-0.15, -0.1) is 0 Å². The third-order valence-electron chi connectivity index (χ3n) is 7.42. The van der Waals surface area contributed by atoms with Crippen molar-refractivity contribution >= 4 is 39.9 Å². The molecule has 0 unspecified atom stereocenters. The lowest BCUT2D eigenvalue weighted by molar-refractivity contribution is -0.138. The van der Waals surface area contributed by atoms with E-state index in [9.17, 15) is 39.3 Å². The molecule has 5 nitrogen and oxygen atoms in total. The molecule has 5 aromatic rings. The standard InChI is InChI=1S/C20H15ClF4N2.C17H15ClF4N2OS/c21-16-6-7-18(27-12-16)19(26,11-13-4-2-1-3-5-13)14-8-15(20(23,24)25)10-17(22)9-14;1-16(2,3)26(25)24-15(14-5-4-12(18)9-23-14)10-6-11(17(20,21)22)8-13(19)7-10/h1-10,12H,11,26H2;4-9H,1-3H3/t19-;26-/m01/s1. The maximum Gasteiger partial charge on any atom is 0.416 e. The van der Waals surface area contributed by atoms with Crippen molar-refractivity contribution in [3.05, 3.63) is 164 Å². The zero-order valence-corrected chi connectivity index (χ0v) is 30.4. The maximum absolute atomic E-state index is 14.0. The quantitative estimate of drug-likeness (QED) is 0.131. The summed E-state index contributed by atoms with van der Waals surface area (Å²) in [6.45, 7) is 4.98. The highest BCUT2D eigenvalue weighted by molar-refractivity contribution is 7.85. The van der Waals surface area contributed by atoms with Crippen molar-refractivity contribution in [1.29, 1.82) is 0 Å². The van der Waals surface area contributed by atoms with Crippen LogP contribution in [0.4, 0.5) is 35.1 Å². The van der Waals surface area contributed by atoms with Crippen LogP contribution in [0.2, 0.25) is 10.0 Å². The summed E-state index contributed by atoms with van der Waals surface area (Å²) in [5.41, 5.74) is 3.70. The van der Waals surface area contributed by atoms with E-state index in [0.717, 1.165) is 29.8 Å². The van der Waals surface area contributed by atoms with Gasteiger partial charge in [-0.3, -0.25) is 9.97 Å². The summed E-state index contributed by atoms with van der Waals surface area (Å²) < 4.78 is 122. The summed E-state index contributed by atoms with van der Waals surface area (Å²) in [5, 5.41) is 0.663. The Morgan fingerprint density at radius 1 is 0.717 bits per heavy atom. The van der Waals surface area contributed by atoms with Gasteiger partial charge in [0.1, 0.15) is 28.3 Å². The Bertz CT molecular complexity index is 2090. The highest BCUT2D eigenvalue weighted by atomic mass is 35.5. The van der Waals surface area contributed by atoms with Gasteiger partial charge in [0, 0.05) is 24.4 Å². The molecule has 0 saturated heterocycles. The lowest BCUT2D eigenvalue weighted by atomic mass is 9.81. The first-order valence-electron chi connectivity index (χ1n) is 15.4. The van der Waals surface area contributed by atoms with E-state index in [1.807, 2.05) is 6.07 Å². The van der Waals surface area contributed by atoms with Gasteiger partial charge in [0.2, 0.25) is 0 Å². The van der Waals surface area contributed by atoms with Crippen molar-refractivity contribution in [1.82, 2.24) is 9.97 Å². The van der Waals surface area contributed by atoms with Crippen molar-refractivity contribution in [3.63, 3.8) is 0 Å². The highest BCUT2D eigenvalue weighted by Crippen LogP contribution is 2.36. The fourth-order valence-corrected chi connectivity index (χ4v) is 5.64. The monoisotopic (exact) mass is 800 g/mol. The molecule has 280 valence electrons. The number of halogens is 10. The van der Waals surface area contributed by atoms with Crippen LogP contribution in [-0.2, 0) is 35.3 Å². The summed E-state index contributed by atoms with van der Waals surface area (Å²) in [6.07, 6.45) is -6.68. The van der Waals surface area contributed by atoms with Crippen molar-refractivity contribution < 1.29 is 39.3 Å². The molecular formula is C37H30Cl2F8N4OS. The Labute approximate surface area is 312 Å². The van der Waals surface area contributed by atoms with E-state index in [2.05, 4.69) is 14.4 Å². The van der Waals surface area contributed by atoms with Crippen LogP contribution in [0.15, 0.2) is 108 Å². The number of rotatable bonds is 7. The average Bonchev–Trinajstić information content (AvgIpc) is 3.07. The molecule has 16 heteroatoms. The van der Waals surface area contributed by atoms with Gasteiger partial charge in [0.25, 0.3) is 0 Å². The maximum atomic E-state index is 14.0. The minimum absolute atomic E-state index is 0.0199. The lowest BCUT2D eigenvalue weighted by Crippen LogP contribution is -2.41. The summed E-state index contributed by atoms with van der Waals surface area (Å²) in [4.78, 5) is 8.19. The first kappa shape index (κ1) is 41.5. The molecule has 0 amide bonds. The van der Waals surface area contributed by atoms with Crippen LogP contribution < -0.4 is 5.73 Å². The van der Waals surface area contributed by atoms with Gasteiger partial charge in [-0.25, -0.2) is 13.0 Å². The van der Waals surface area contributed by atoms with Gasteiger partial charge in [0.15, 0.2) is 0 Å². The van der Waals surface area contributed by atoms with Gasteiger partial charge < -0.3 is 5.73 Å². The predicted molar refractivity (Wildman–Crippen MR) is 190 cm³/mol. The molecule has 0 aliphatic rings. The van der Waals surface area contributed by atoms with Crippen LogP contribution >= 0.6 is 23.2 Å². The van der Waals surface area contributed by atoms with Crippen LogP contribution in [0, 0.1) is 11.6 Å². The molecule has 0 saturated carbocycles. The average molecular weight is 802 g/mol. The fourth-order valence-electron chi connectivity index (χ4n) is 4.78. The third-order valence-corrected chi connectivity index (χ3v) is 9.26. The second-order valence-electron chi connectivity index (χ2n) is 12.6. The number of pyridine rings is 2.